The first kappa shape index (κ1) is 16.5. The van der Waals surface area contributed by atoms with Crippen molar-refractivity contribution in [2.24, 2.45) is 0 Å². The molecule has 0 fully saturated rings. The Labute approximate surface area is 120 Å². The average molecular weight is 339 g/mol. The Hall–Kier alpha value is -0.590. The summed E-state index contributed by atoms with van der Waals surface area (Å²) in [6.07, 6.45) is -4.17. The van der Waals surface area contributed by atoms with E-state index in [2.05, 4.69) is 21.2 Å². The molecule has 0 atom stereocenters. The Morgan fingerprint density at radius 1 is 1.32 bits per heavy atom. The van der Waals surface area contributed by atoms with Gasteiger partial charge >= 0.3 is 6.18 Å². The van der Waals surface area contributed by atoms with Gasteiger partial charge in [-0.25, -0.2) is 0 Å². The van der Waals surface area contributed by atoms with Gasteiger partial charge in [-0.2, -0.15) is 13.2 Å². The van der Waals surface area contributed by atoms with E-state index in [1.807, 2.05) is 25.1 Å². The fraction of sp³-hybridized carbons (Fsp3) is 0.538. The molecular formula is C13H18BrF3N2. The number of likely N-dealkylation sites (N-methyl/N-ethyl adjacent to an activating group) is 1. The molecule has 0 amide bonds. The van der Waals surface area contributed by atoms with Crippen LogP contribution in [0.5, 0.6) is 0 Å². The number of rotatable bonds is 6. The van der Waals surface area contributed by atoms with Gasteiger partial charge in [-0.3, -0.25) is 4.90 Å². The van der Waals surface area contributed by atoms with Gasteiger partial charge in [0.05, 0.1) is 6.54 Å². The Morgan fingerprint density at radius 3 is 2.58 bits per heavy atom. The highest BCUT2D eigenvalue weighted by Crippen LogP contribution is 2.22. The normalized spacial score (nSPS) is 12.2. The van der Waals surface area contributed by atoms with Crippen LogP contribution in [0.25, 0.3) is 0 Å². The minimum absolute atomic E-state index is 0.298. The van der Waals surface area contributed by atoms with Gasteiger partial charge in [0.2, 0.25) is 0 Å². The summed E-state index contributed by atoms with van der Waals surface area (Å²) in [4.78, 5) is 1.41. The smallest absolute Gasteiger partial charge is 0.318 e. The number of alkyl halides is 3. The molecule has 0 radical (unpaired) electrons. The minimum Gasteiger partial charge on any atom is -0.318 e. The molecule has 0 unspecified atom stereocenters. The van der Waals surface area contributed by atoms with Crippen LogP contribution < -0.4 is 5.32 Å². The van der Waals surface area contributed by atoms with Crippen molar-refractivity contribution in [2.45, 2.75) is 19.6 Å². The van der Waals surface area contributed by atoms with Crippen LogP contribution in [-0.4, -0.2) is 37.8 Å². The van der Waals surface area contributed by atoms with Gasteiger partial charge in [-0.05, 0) is 31.2 Å². The van der Waals surface area contributed by atoms with Crippen molar-refractivity contribution < 1.29 is 13.2 Å². The predicted octanol–water partition coefficient (Wildman–Crippen LogP) is 3.34. The molecule has 6 heteroatoms. The zero-order valence-corrected chi connectivity index (χ0v) is 12.6. The molecule has 19 heavy (non-hydrogen) atoms. The quantitative estimate of drug-likeness (QED) is 0.855. The van der Waals surface area contributed by atoms with E-state index < -0.39 is 12.7 Å². The van der Waals surface area contributed by atoms with Crippen molar-refractivity contribution >= 4 is 15.9 Å². The van der Waals surface area contributed by atoms with Crippen LogP contribution in [0.2, 0.25) is 0 Å². The van der Waals surface area contributed by atoms with Crippen LogP contribution in [0.15, 0.2) is 22.7 Å². The Bertz CT molecular complexity index is 407. The highest BCUT2D eigenvalue weighted by molar-refractivity contribution is 9.10. The second-order valence-electron chi connectivity index (χ2n) is 4.45. The summed E-state index contributed by atoms with van der Waals surface area (Å²) in [5, 5.41) is 2.88. The summed E-state index contributed by atoms with van der Waals surface area (Å²) in [7, 11) is 1.73. The van der Waals surface area contributed by atoms with Crippen molar-refractivity contribution in [3.63, 3.8) is 0 Å². The molecule has 108 valence electrons. The Balaban J connectivity index is 2.78. The summed E-state index contributed by atoms with van der Waals surface area (Å²) in [6.45, 7) is 2.21. The molecule has 0 bridgehead atoms. The van der Waals surface area contributed by atoms with E-state index in [-0.39, 0.29) is 0 Å². The summed E-state index contributed by atoms with van der Waals surface area (Å²) < 4.78 is 38.6. The molecule has 1 N–H and O–H groups in total. The van der Waals surface area contributed by atoms with Crippen LogP contribution in [0.3, 0.4) is 0 Å². The van der Waals surface area contributed by atoms with Gasteiger partial charge in [0, 0.05) is 24.1 Å². The lowest BCUT2D eigenvalue weighted by Gasteiger charge is -2.24. The van der Waals surface area contributed by atoms with Crippen LogP contribution in [0.4, 0.5) is 13.2 Å². The highest BCUT2D eigenvalue weighted by atomic mass is 79.9. The molecule has 0 saturated carbocycles. The minimum atomic E-state index is -4.17. The molecule has 1 aromatic carbocycles. The van der Waals surface area contributed by atoms with Gasteiger partial charge in [-0.15, -0.1) is 0 Å². The van der Waals surface area contributed by atoms with Crippen LogP contribution in [0.1, 0.15) is 11.1 Å². The molecule has 0 aliphatic rings. The third kappa shape index (κ3) is 5.93. The lowest BCUT2D eigenvalue weighted by molar-refractivity contribution is -0.146. The number of hydrogen-bond acceptors (Lipinski definition) is 2. The molecule has 1 aromatic rings. The standard InChI is InChI=1S/C13H18BrF3N2/c1-10-11(4-3-5-12(10)14)8-19(7-6-18-2)9-13(15,16)17/h3-5,18H,6-9H2,1-2H3. The molecule has 0 spiro atoms. The number of benzene rings is 1. The molecule has 0 heterocycles. The predicted molar refractivity (Wildman–Crippen MR) is 74.1 cm³/mol. The summed E-state index contributed by atoms with van der Waals surface area (Å²) >= 11 is 3.40. The molecular weight excluding hydrogens is 321 g/mol. The molecule has 0 saturated heterocycles. The van der Waals surface area contributed by atoms with Crippen molar-refractivity contribution in [3.8, 4) is 0 Å². The van der Waals surface area contributed by atoms with Crippen LogP contribution in [-0.2, 0) is 6.54 Å². The number of nitrogens with zero attached hydrogens (tertiary/aromatic N) is 1. The highest BCUT2D eigenvalue weighted by Gasteiger charge is 2.30. The summed E-state index contributed by atoms with van der Waals surface area (Å²) in [5.74, 6) is 0. The van der Waals surface area contributed by atoms with Gasteiger partial charge in [0.15, 0.2) is 0 Å². The maximum Gasteiger partial charge on any atom is 0.401 e. The lowest BCUT2D eigenvalue weighted by atomic mass is 10.1. The summed E-state index contributed by atoms with van der Waals surface area (Å²) in [6, 6.07) is 5.60. The van der Waals surface area contributed by atoms with E-state index in [9.17, 15) is 13.2 Å². The Morgan fingerprint density at radius 2 is 2.00 bits per heavy atom. The van der Waals surface area contributed by atoms with E-state index in [4.69, 9.17) is 0 Å². The van der Waals surface area contributed by atoms with Gasteiger partial charge < -0.3 is 5.32 Å². The van der Waals surface area contributed by atoms with E-state index in [1.165, 1.54) is 4.90 Å². The van der Waals surface area contributed by atoms with Gasteiger partial charge in [0.25, 0.3) is 0 Å². The van der Waals surface area contributed by atoms with Gasteiger partial charge in [0.1, 0.15) is 0 Å². The van der Waals surface area contributed by atoms with E-state index in [0.29, 0.717) is 19.6 Å². The first-order valence-corrected chi connectivity index (χ1v) is 6.80. The van der Waals surface area contributed by atoms with Crippen LogP contribution in [0, 0.1) is 6.92 Å². The third-order valence-corrected chi connectivity index (χ3v) is 3.71. The van der Waals surface area contributed by atoms with Crippen molar-refractivity contribution in [2.75, 3.05) is 26.7 Å². The molecule has 0 aromatic heterocycles. The number of hydrogen-bond donors (Lipinski definition) is 1. The monoisotopic (exact) mass is 338 g/mol. The fourth-order valence-electron chi connectivity index (χ4n) is 1.80. The first-order valence-electron chi connectivity index (χ1n) is 6.01. The van der Waals surface area contributed by atoms with Gasteiger partial charge in [-0.1, -0.05) is 28.1 Å². The molecule has 0 aliphatic carbocycles. The maximum atomic E-state index is 12.5. The molecule has 2 nitrogen and oxygen atoms in total. The molecule has 1 rings (SSSR count). The van der Waals surface area contributed by atoms with Crippen molar-refractivity contribution in [1.29, 1.82) is 0 Å². The van der Waals surface area contributed by atoms with E-state index in [1.54, 1.807) is 7.05 Å². The van der Waals surface area contributed by atoms with Crippen LogP contribution >= 0.6 is 15.9 Å². The fourth-order valence-corrected chi connectivity index (χ4v) is 2.21. The molecule has 0 aliphatic heterocycles. The largest absolute Gasteiger partial charge is 0.401 e. The number of nitrogens with one attached hydrogen (secondary N) is 1. The zero-order valence-electron chi connectivity index (χ0n) is 11.0. The zero-order chi connectivity index (χ0) is 14.5. The number of halogens is 4. The average Bonchev–Trinajstić information content (AvgIpc) is 2.30. The van der Waals surface area contributed by atoms with Crippen molar-refractivity contribution in [1.82, 2.24) is 10.2 Å². The second kappa shape index (κ2) is 7.26. The maximum absolute atomic E-state index is 12.5. The Kier molecular flexibility index (Phi) is 6.29. The lowest BCUT2D eigenvalue weighted by Crippen LogP contribution is -2.37. The second-order valence-corrected chi connectivity index (χ2v) is 5.31. The summed E-state index contributed by atoms with van der Waals surface area (Å²) in [5.41, 5.74) is 1.90. The van der Waals surface area contributed by atoms with Crippen molar-refractivity contribution in [3.05, 3.63) is 33.8 Å². The first-order chi connectivity index (χ1) is 8.83. The van der Waals surface area contributed by atoms with E-state index in [0.717, 1.165) is 15.6 Å². The topological polar surface area (TPSA) is 15.3 Å². The third-order valence-electron chi connectivity index (χ3n) is 2.85. The SMILES string of the molecule is CNCCN(Cc1cccc(Br)c1C)CC(F)(F)F. The van der Waals surface area contributed by atoms with E-state index >= 15 is 0 Å².